The van der Waals surface area contributed by atoms with Gasteiger partial charge in [0.1, 0.15) is 5.69 Å². The van der Waals surface area contributed by atoms with E-state index in [4.69, 9.17) is 0 Å². The molecular formula is C13H13N5. The van der Waals surface area contributed by atoms with Crippen molar-refractivity contribution in [1.29, 1.82) is 0 Å². The van der Waals surface area contributed by atoms with E-state index in [9.17, 15) is 0 Å². The summed E-state index contributed by atoms with van der Waals surface area (Å²) in [7, 11) is 0. The van der Waals surface area contributed by atoms with Crippen LogP contribution in [0.2, 0.25) is 0 Å². The quantitative estimate of drug-likeness (QED) is 0.740. The second-order valence-corrected chi connectivity index (χ2v) is 4.10. The highest BCUT2D eigenvalue weighted by Crippen LogP contribution is 2.18. The van der Waals surface area contributed by atoms with Crippen LogP contribution in [0.4, 0.5) is 0 Å². The second-order valence-electron chi connectivity index (χ2n) is 4.10. The summed E-state index contributed by atoms with van der Waals surface area (Å²) in [5.74, 6) is 0.691. The van der Waals surface area contributed by atoms with Gasteiger partial charge in [-0.15, -0.1) is 10.6 Å². The van der Waals surface area contributed by atoms with Crippen LogP contribution in [0.3, 0.4) is 0 Å². The molecule has 0 saturated carbocycles. The van der Waals surface area contributed by atoms with Crippen molar-refractivity contribution in [3.05, 3.63) is 53.7 Å². The molecule has 90 valence electrons. The Hall–Kier alpha value is -2.40. The Balaban J connectivity index is 2.06. The molecule has 2 heterocycles. The van der Waals surface area contributed by atoms with Crippen molar-refractivity contribution in [3.63, 3.8) is 0 Å². The Labute approximate surface area is 105 Å². The summed E-state index contributed by atoms with van der Waals surface area (Å²) in [5.41, 5.74) is 12.3. The van der Waals surface area contributed by atoms with E-state index < -0.39 is 0 Å². The molecule has 1 aromatic heterocycles. The molecule has 3 rings (SSSR count). The van der Waals surface area contributed by atoms with E-state index >= 15 is 0 Å². The maximum Gasteiger partial charge on any atom is 0.189 e. The molecule has 0 fully saturated rings. The lowest BCUT2D eigenvalue weighted by Gasteiger charge is -2.06. The highest BCUT2D eigenvalue weighted by Gasteiger charge is 2.11. The van der Waals surface area contributed by atoms with Crippen LogP contribution < -0.4 is 16.5 Å². The predicted octanol–water partition coefficient (Wildman–Crippen LogP) is 1.33. The minimum Gasteiger partial charge on any atom is -0.283 e. The number of benzene rings is 1. The van der Waals surface area contributed by atoms with Gasteiger partial charge in [0, 0.05) is 5.56 Å². The number of rotatable bonds is 2. The largest absolute Gasteiger partial charge is 0.283 e. The van der Waals surface area contributed by atoms with Gasteiger partial charge in [0.25, 0.3) is 0 Å². The van der Waals surface area contributed by atoms with Crippen LogP contribution in [0.15, 0.2) is 47.6 Å². The molecule has 3 N–H and O–H groups in total. The molecular weight excluding hydrogens is 226 g/mol. The fourth-order valence-electron chi connectivity index (χ4n) is 1.87. The third-order valence-corrected chi connectivity index (χ3v) is 2.69. The van der Waals surface area contributed by atoms with Crippen molar-refractivity contribution < 1.29 is 0 Å². The Morgan fingerprint density at radius 1 is 1.00 bits per heavy atom. The Kier molecular flexibility index (Phi) is 2.66. The third-order valence-electron chi connectivity index (χ3n) is 2.69. The summed E-state index contributed by atoms with van der Waals surface area (Å²) < 4.78 is 0. The molecule has 1 aliphatic heterocycles. The fraction of sp³-hybridized carbons (Fsp3) is 0.0769. The number of aromatic nitrogens is 1. The van der Waals surface area contributed by atoms with E-state index in [1.54, 1.807) is 0 Å². The topological polar surface area (TPSA) is 61.3 Å². The molecule has 18 heavy (non-hydrogen) atoms. The molecule has 5 heteroatoms. The number of hydrazone groups is 1. The normalized spacial score (nSPS) is 13.7. The maximum absolute atomic E-state index is 4.61. The molecule has 2 aromatic rings. The molecule has 1 aliphatic rings. The predicted molar refractivity (Wildman–Crippen MR) is 70.4 cm³/mol. The van der Waals surface area contributed by atoms with E-state index in [0.29, 0.717) is 5.84 Å². The number of hydrazine groups is 2. The first-order chi connectivity index (χ1) is 8.83. The number of hydrogen-bond acceptors (Lipinski definition) is 5. The van der Waals surface area contributed by atoms with Crippen LogP contribution >= 0.6 is 0 Å². The smallest absolute Gasteiger partial charge is 0.189 e. The summed E-state index contributed by atoms with van der Waals surface area (Å²) >= 11 is 0. The summed E-state index contributed by atoms with van der Waals surface area (Å²) in [6, 6.07) is 14.2. The minimum absolute atomic E-state index is 0.691. The molecule has 5 nitrogen and oxygen atoms in total. The van der Waals surface area contributed by atoms with Crippen LogP contribution in [-0.4, -0.2) is 10.8 Å². The monoisotopic (exact) mass is 239 g/mol. The lowest BCUT2D eigenvalue weighted by atomic mass is 10.1. The van der Waals surface area contributed by atoms with Gasteiger partial charge in [-0.1, -0.05) is 30.3 Å². The Morgan fingerprint density at radius 2 is 1.78 bits per heavy atom. The molecule has 0 amide bonds. The van der Waals surface area contributed by atoms with Gasteiger partial charge in [-0.2, -0.15) is 0 Å². The summed E-state index contributed by atoms with van der Waals surface area (Å²) in [4.78, 5) is 4.61. The minimum atomic E-state index is 0.691. The fourth-order valence-corrected chi connectivity index (χ4v) is 1.87. The number of pyridine rings is 1. The van der Waals surface area contributed by atoms with Crippen LogP contribution in [0.25, 0.3) is 11.3 Å². The van der Waals surface area contributed by atoms with Crippen LogP contribution in [0, 0.1) is 6.92 Å². The van der Waals surface area contributed by atoms with E-state index in [-0.39, 0.29) is 0 Å². The highest BCUT2D eigenvalue weighted by molar-refractivity contribution is 5.97. The van der Waals surface area contributed by atoms with Crippen molar-refractivity contribution in [2.75, 3.05) is 0 Å². The zero-order valence-electron chi connectivity index (χ0n) is 9.94. The van der Waals surface area contributed by atoms with Gasteiger partial charge >= 0.3 is 0 Å². The van der Waals surface area contributed by atoms with Crippen molar-refractivity contribution in [3.8, 4) is 11.3 Å². The molecule has 0 spiro atoms. The van der Waals surface area contributed by atoms with Crippen molar-refractivity contribution in [2.24, 2.45) is 5.10 Å². The molecule has 0 unspecified atom stereocenters. The summed E-state index contributed by atoms with van der Waals surface area (Å²) in [6.45, 7) is 2.05. The van der Waals surface area contributed by atoms with Crippen LogP contribution in [0.1, 0.15) is 11.3 Å². The van der Waals surface area contributed by atoms with Crippen molar-refractivity contribution in [2.45, 2.75) is 6.92 Å². The van der Waals surface area contributed by atoms with Crippen LogP contribution in [0.5, 0.6) is 0 Å². The van der Waals surface area contributed by atoms with E-state index in [2.05, 4.69) is 32.6 Å². The average molecular weight is 239 g/mol. The standard InChI is InChI=1S/C13H13N5/c1-9-7-11(10-5-3-2-4-6-10)14-12(8-9)13-15-17-18-16-13/h2-8,17-18H,1H3,(H,15,16). The van der Waals surface area contributed by atoms with Gasteiger partial charge in [-0.3, -0.25) is 5.43 Å². The molecule has 0 bridgehead atoms. The number of amidine groups is 1. The third kappa shape index (κ3) is 2.03. The number of hydrogen-bond donors (Lipinski definition) is 3. The lowest BCUT2D eigenvalue weighted by Crippen LogP contribution is -2.35. The average Bonchev–Trinajstić information content (AvgIpc) is 2.93. The van der Waals surface area contributed by atoms with E-state index in [0.717, 1.165) is 22.5 Å². The molecule has 0 radical (unpaired) electrons. The lowest BCUT2D eigenvalue weighted by molar-refractivity contribution is 0.577. The number of aryl methyl sites for hydroxylation is 1. The number of nitrogens with zero attached hydrogens (tertiary/aromatic N) is 2. The van der Waals surface area contributed by atoms with Crippen LogP contribution in [-0.2, 0) is 0 Å². The SMILES string of the molecule is Cc1cc(C2=NNNN2)nc(-c2ccccc2)c1. The van der Waals surface area contributed by atoms with Gasteiger partial charge in [0.2, 0.25) is 0 Å². The first-order valence-corrected chi connectivity index (χ1v) is 5.71. The van der Waals surface area contributed by atoms with E-state index in [1.165, 1.54) is 0 Å². The second kappa shape index (κ2) is 4.46. The molecule has 0 saturated heterocycles. The van der Waals surface area contributed by atoms with Gasteiger partial charge < -0.3 is 0 Å². The first kappa shape index (κ1) is 10.7. The van der Waals surface area contributed by atoms with Crippen molar-refractivity contribution >= 4 is 5.84 Å². The maximum atomic E-state index is 4.61. The first-order valence-electron chi connectivity index (χ1n) is 5.71. The van der Waals surface area contributed by atoms with Gasteiger partial charge in [0.05, 0.1) is 5.69 Å². The molecule has 0 atom stereocenters. The zero-order chi connectivity index (χ0) is 12.4. The van der Waals surface area contributed by atoms with Gasteiger partial charge in [0.15, 0.2) is 5.84 Å². The van der Waals surface area contributed by atoms with Crippen molar-refractivity contribution in [1.82, 2.24) is 21.5 Å². The Bertz CT molecular complexity index is 592. The molecule has 0 aliphatic carbocycles. The summed E-state index contributed by atoms with van der Waals surface area (Å²) in [6.07, 6.45) is 0. The zero-order valence-corrected chi connectivity index (χ0v) is 9.94. The number of nitrogens with one attached hydrogen (secondary N) is 3. The molecule has 1 aromatic carbocycles. The highest BCUT2D eigenvalue weighted by atomic mass is 15.8. The van der Waals surface area contributed by atoms with E-state index in [1.807, 2.05) is 43.3 Å². The van der Waals surface area contributed by atoms with Gasteiger partial charge in [-0.25, -0.2) is 10.5 Å². The van der Waals surface area contributed by atoms with Gasteiger partial charge in [-0.05, 0) is 24.6 Å². The summed E-state index contributed by atoms with van der Waals surface area (Å²) in [5, 5.41) is 4.06. The Morgan fingerprint density at radius 3 is 2.50 bits per heavy atom.